The molecule has 0 saturated carbocycles. The Morgan fingerprint density at radius 2 is 2.12 bits per heavy atom. The van der Waals surface area contributed by atoms with Crippen LogP contribution in [0, 0.1) is 6.92 Å². The van der Waals surface area contributed by atoms with Crippen molar-refractivity contribution in [3.05, 3.63) is 52.4 Å². The third-order valence-electron chi connectivity index (χ3n) is 2.30. The summed E-state index contributed by atoms with van der Waals surface area (Å²) in [7, 11) is 0. The zero-order valence-electron chi connectivity index (χ0n) is 8.94. The lowest BCUT2D eigenvalue weighted by Crippen LogP contribution is -2.03. The van der Waals surface area contributed by atoms with E-state index in [2.05, 4.69) is 37.3 Å². The van der Waals surface area contributed by atoms with Crippen molar-refractivity contribution in [1.82, 2.24) is 9.97 Å². The monoisotopic (exact) mass is 277 g/mol. The van der Waals surface area contributed by atoms with Gasteiger partial charge in [-0.2, -0.15) is 0 Å². The molecule has 0 aromatic carbocycles. The van der Waals surface area contributed by atoms with Crippen molar-refractivity contribution in [2.75, 3.05) is 5.32 Å². The Morgan fingerprint density at radius 3 is 2.81 bits per heavy atom. The van der Waals surface area contributed by atoms with Gasteiger partial charge < -0.3 is 5.32 Å². The van der Waals surface area contributed by atoms with Gasteiger partial charge in [0.1, 0.15) is 5.82 Å². The Kier molecular flexibility index (Phi) is 3.51. The average Bonchev–Trinajstić information content (AvgIpc) is 2.30. The van der Waals surface area contributed by atoms with Crippen molar-refractivity contribution in [3.8, 4) is 0 Å². The van der Waals surface area contributed by atoms with Crippen molar-refractivity contribution in [3.63, 3.8) is 0 Å². The molecule has 0 fully saturated rings. The summed E-state index contributed by atoms with van der Waals surface area (Å²) in [5.41, 5.74) is 2.24. The second kappa shape index (κ2) is 5.07. The van der Waals surface area contributed by atoms with Crippen LogP contribution in [-0.2, 0) is 6.54 Å². The first kappa shape index (κ1) is 11.1. The van der Waals surface area contributed by atoms with Crippen LogP contribution in [0.4, 0.5) is 5.82 Å². The maximum Gasteiger partial charge on any atom is 0.126 e. The van der Waals surface area contributed by atoms with Gasteiger partial charge in [0.25, 0.3) is 0 Å². The fourth-order valence-corrected chi connectivity index (χ4v) is 1.61. The van der Waals surface area contributed by atoms with Gasteiger partial charge >= 0.3 is 0 Å². The van der Waals surface area contributed by atoms with Crippen molar-refractivity contribution < 1.29 is 0 Å². The lowest BCUT2D eigenvalue weighted by atomic mass is 10.2. The number of nitrogens with one attached hydrogen (secondary N) is 1. The highest BCUT2D eigenvalue weighted by Crippen LogP contribution is 2.12. The minimum absolute atomic E-state index is 0.744. The van der Waals surface area contributed by atoms with Gasteiger partial charge in [-0.05, 0) is 46.6 Å². The van der Waals surface area contributed by atoms with Gasteiger partial charge in [0, 0.05) is 29.1 Å². The topological polar surface area (TPSA) is 37.8 Å². The molecule has 0 saturated heterocycles. The van der Waals surface area contributed by atoms with E-state index in [1.54, 1.807) is 12.4 Å². The van der Waals surface area contributed by atoms with Crippen molar-refractivity contribution in [2.24, 2.45) is 0 Å². The molecule has 16 heavy (non-hydrogen) atoms. The van der Waals surface area contributed by atoms with Gasteiger partial charge in [-0.25, -0.2) is 4.98 Å². The molecular formula is C12H12BrN3. The fraction of sp³-hybridized carbons (Fsp3) is 0.167. The fourth-order valence-electron chi connectivity index (χ4n) is 1.37. The van der Waals surface area contributed by atoms with Crippen LogP contribution in [-0.4, -0.2) is 9.97 Å². The van der Waals surface area contributed by atoms with Crippen LogP contribution in [0.2, 0.25) is 0 Å². The lowest BCUT2D eigenvalue weighted by molar-refractivity contribution is 1.04. The Hall–Kier alpha value is -1.42. The predicted molar refractivity (Wildman–Crippen MR) is 68.2 cm³/mol. The molecule has 2 rings (SSSR count). The van der Waals surface area contributed by atoms with Crippen LogP contribution in [0.5, 0.6) is 0 Å². The molecule has 0 aliphatic carbocycles. The molecule has 82 valence electrons. The van der Waals surface area contributed by atoms with Gasteiger partial charge in [-0.1, -0.05) is 6.07 Å². The highest BCUT2D eigenvalue weighted by molar-refractivity contribution is 9.10. The predicted octanol–water partition coefficient (Wildman–Crippen LogP) is 3.16. The number of halogens is 1. The zero-order chi connectivity index (χ0) is 11.4. The first-order chi connectivity index (χ1) is 7.75. The Bertz CT molecular complexity index is 468. The summed E-state index contributed by atoms with van der Waals surface area (Å²) in [6.45, 7) is 2.75. The smallest absolute Gasteiger partial charge is 0.126 e. The van der Waals surface area contributed by atoms with E-state index in [0.717, 1.165) is 22.5 Å². The molecule has 0 aliphatic rings. The molecule has 3 nitrogen and oxygen atoms in total. The maximum atomic E-state index is 4.24. The third kappa shape index (κ3) is 2.79. The summed E-state index contributed by atoms with van der Waals surface area (Å²) in [5, 5.41) is 3.26. The summed E-state index contributed by atoms with van der Waals surface area (Å²) in [6.07, 6.45) is 3.58. The van der Waals surface area contributed by atoms with Gasteiger partial charge in [0.05, 0.1) is 0 Å². The van der Waals surface area contributed by atoms with E-state index in [4.69, 9.17) is 0 Å². The van der Waals surface area contributed by atoms with Crippen LogP contribution in [0.25, 0.3) is 0 Å². The van der Waals surface area contributed by atoms with Crippen LogP contribution in [0.3, 0.4) is 0 Å². The molecular weight excluding hydrogens is 266 g/mol. The quantitative estimate of drug-likeness (QED) is 0.937. The van der Waals surface area contributed by atoms with E-state index >= 15 is 0 Å². The number of rotatable bonds is 3. The number of pyridine rings is 2. The molecule has 0 aliphatic heterocycles. The molecule has 1 N–H and O–H groups in total. The molecule has 0 bridgehead atoms. The average molecular weight is 278 g/mol. The molecule has 0 amide bonds. The van der Waals surface area contributed by atoms with Crippen molar-refractivity contribution in [2.45, 2.75) is 13.5 Å². The first-order valence-electron chi connectivity index (χ1n) is 5.01. The largest absolute Gasteiger partial charge is 0.366 e. The summed E-state index contributed by atoms with van der Waals surface area (Å²) in [6, 6.07) is 7.91. The summed E-state index contributed by atoms with van der Waals surface area (Å²) in [5.74, 6) is 0.867. The minimum Gasteiger partial charge on any atom is -0.366 e. The van der Waals surface area contributed by atoms with Crippen molar-refractivity contribution in [1.29, 1.82) is 0 Å². The van der Waals surface area contributed by atoms with Crippen LogP contribution < -0.4 is 5.32 Å². The highest BCUT2D eigenvalue weighted by atomic mass is 79.9. The van der Waals surface area contributed by atoms with E-state index in [0.29, 0.717) is 0 Å². The van der Waals surface area contributed by atoms with E-state index in [1.165, 1.54) is 5.56 Å². The summed E-state index contributed by atoms with van der Waals surface area (Å²) in [4.78, 5) is 8.48. The molecule has 2 aromatic heterocycles. The van der Waals surface area contributed by atoms with Crippen LogP contribution in [0.1, 0.15) is 11.3 Å². The normalized spacial score (nSPS) is 10.1. The number of anilines is 1. The Balaban J connectivity index is 2.02. The maximum absolute atomic E-state index is 4.24. The van der Waals surface area contributed by atoms with Gasteiger partial charge in [-0.3, -0.25) is 4.98 Å². The van der Waals surface area contributed by atoms with Gasteiger partial charge in [0.2, 0.25) is 0 Å². The first-order valence-corrected chi connectivity index (χ1v) is 5.81. The number of aryl methyl sites for hydroxylation is 1. The number of hydrogen-bond donors (Lipinski definition) is 1. The van der Waals surface area contributed by atoms with Gasteiger partial charge in [-0.15, -0.1) is 0 Å². The number of hydrogen-bond acceptors (Lipinski definition) is 3. The van der Waals surface area contributed by atoms with Crippen molar-refractivity contribution >= 4 is 21.7 Å². The molecule has 2 aromatic rings. The number of nitrogens with zero attached hydrogens (tertiary/aromatic N) is 2. The third-order valence-corrected chi connectivity index (χ3v) is 2.77. The highest BCUT2D eigenvalue weighted by Gasteiger charge is 1.98. The second-order valence-electron chi connectivity index (χ2n) is 3.46. The minimum atomic E-state index is 0.744. The standard InChI is InChI=1S/C12H12BrN3/c1-9-10(3-2-6-14-9)7-15-12-5-4-11(13)8-16-12/h2-6,8H,7H2,1H3,(H,15,16). The molecule has 0 radical (unpaired) electrons. The van der Waals surface area contributed by atoms with E-state index < -0.39 is 0 Å². The SMILES string of the molecule is Cc1ncccc1CNc1ccc(Br)cn1. The molecule has 0 atom stereocenters. The van der Waals surface area contributed by atoms with E-state index in [9.17, 15) is 0 Å². The molecule has 0 unspecified atom stereocenters. The van der Waals surface area contributed by atoms with E-state index in [1.807, 2.05) is 25.1 Å². The summed E-state index contributed by atoms with van der Waals surface area (Å²) >= 11 is 3.35. The molecule has 2 heterocycles. The lowest BCUT2D eigenvalue weighted by Gasteiger charge is -2.07. The van der Waals surface area contributed by atoms with Crippen LogP contribution in [0.15, 0.2) is 41.1 Å². The summed E-state index contributed by atoms with van der Waals surface area (Å²) < 4.78 is 0.982. The van der Waals surface area contributed by atoms with E-state index in [-0.39, 0.29) is 0 Å². The molecule has 0 spiro atoms. The van der Waals surface area contributed by atoms with Gasteiger partial charge in [0.15, 0.2) is 0 Å². The Labute approximate surface area is 103 Å². The Morgan fingerprint density at radius 1 is 1.25 bits per heavy atom. The second-order valence-corrected chi connectivity index (χ2v) is 4.38. The van der Waals surface area contributed by atoms with Crippen LogP contribution >= 0.6 is 15.9 Å². The zero-order valence-corrected chi connectivity index (χ0v) is 10.5. The number of aromatic nitrogens is 2. The molecule has 4 heteroatoms.